The van der Waals surface area contributed by atoms with Crippen molar-refractivity contribution in [2.45, 2.75) is 19.4 Å². The molecule has 0 aliphatic carbocycles. The predicted molar refractivity (Wildman–Crippen MR) is 116 cm³/mol. The summed E-state index contributed by atoms with van der Waals surface area (Å²) in [6.07, 6.45) is -0.684. The Hall–Kier alpha value is -2.51. The number of anilines is 2. The van der Waals surface area contributed by atoms with Crippen LogP contribution < -0.4 is 49.0 Å². The Bertz CT molecular complexity index is 995. The second-order valence-electron chi connectivity index (χ2n) is 7.15. The monoisotopic (exact) mass is 441 g/mol. The summed E-state index contributed by atoms with van der Waals surface area (Å²) in [7, 11) is 0. The van der Waals surface area contributed by atoms with Crippen LogP contribution in [0.5, 0.6) is 17.2 Å². The second-order valence-corrected chi connectivity index (χ2v) is 7.15. The fraction of sp³-hybridized carbons (Fsp3) is 0.240. The van der Waals surface area contributed by atoms with Gasteiger partial charge in [-0.15, -0.1) is 0 Å². The van der Waals surface area contributed by atoms with Crippen LogP contribution in [-0.2, 0) is 16.0 Å². The van der Waals surface area contributed by atoms with E-state index in [1.807, 2.05) is 72.8 Å². The van der Waals surface area contributed by atoms with Gasteiger partial charge in [-0.2, -0.15) is 0 Å². The van der Waals surface area contributed by atoms with Crippen molar-refractivity contribution >= 4 is 17.3 Å². The Labute approximate surface area is 210 Å². The third-order valence-electron chi connectivity index (χ3n) is 5.09. The Balaban J connectivity index is 0.00000289. The van der Waals surface area contributed by atoms with Crippen LogP contribution >= 0.6 is 0 Å². The molecule has 0 spiro atoms. The first-order chi connectivity index (χ1) is 15.2. The second kappa shape index (κ2) is 11.4. The van der Waals surface area contributed by atoms with E-state index in [1.165, 1.54) is 0 Å². The number of carbonyl (C=O) groups excluding carboxylic acids is 1. The van der Waals surface area contributed by atoms with Gasteiger partial charge < -0.3 is 29.0 Å². The number of para-hydroxylation sites is 4. The number of carboxylic acid groups (broad SMARTS) is 1. The van der Waals surface area contributed by atoms with E-state index in [0.717, 1.165) is 34.2 Å². The van der Waals surface area contributed by atoms with Crippen LogP contribution in [0.3, 0.4) is 0 Å². The van der Waals surface area contributed by atoms with Crippen LogP contribution in [0.4, 0.5) is 11.4 Å². The Morgan fingerprint density at radius 3 is 2.12 bits per heavy atom. The quantitative estimate of drug-likeness (QED) is 0.456. The molecule has 1 unspecified atom stereocenters. The van der Waals surface area contributed by atoms with Gasteiger partial charge in [0.1, 0.15) is 18.5 Å². The summed E-state index contributed by atoms with van der Waals surface area (Å²) in [4.78, 5) is 13.3. The van der Waals surface area contributed by atoms with E-state index >= 15 is 0 Å². The SMILES string of the molecule is CCOC(Cc1ccc(OCCN2c3ccccc3Oc3ccccc32)cc1)C(=O)[O-].[Na+]. The molecule has 32 heavy (non-hydrogen) atoms. The molecular weight excluding hydrogens is 417 g/mol. The van der Waals surface area contributed by atoms with Crippen LogP contribution in [0.1, 0.15) is 12.5 Å². The standard InChI is InChI=1S/C25H25NO5.Na/c1-2-29-24(25(27)28)17-18-11-13-19(14-12-18)30-16-15-26-20-7-3-5-9-22(20)31-23-10-6-4-8-21(23)26;/h3-14,24H,2,15-17H2,1H3,(H,27,28);/q;+1/p-1. The zero-order valence-electron chi connectivity index (χ0n) is 18.3. The van der Waals surface area contributed by atoms with Crippen molar-refractivity contribution in [2.24, 2.45) is 0 Å². The van der Waals surface area contributed by atoms with Crippen molar-refractivity contribution in [2.75, 3.05) is 24.7 Å². The summed E-state index contributed by atoms with van der Waals surface area (Å²) < 4.78 is 17.2. The van der Waals surface area contributed by atoms with E-state index < -0.39 is 12.1 Å². The summed E-state index contributed by atoms with van der Waals surface area (Å²) in [6, 6.07) is 23.3. The molecule has 1 heterocycles. The topological polar surface area (TPSA) is 71.1 Å². The number of aliphatic carboxylic acids is 1. The number of ether oxygens (including phenoxy) is 3. The first-order valence-corrected chi connectivity index (χ1v) is 10.3. The van der Waals surface area contributed by atoms with Crippen LogP contribution in [0.2, 0.25) is 0 Å². The van der Waals surface area contributed by atoms with Gasteiger partial charge in [0.15, 0.2) is 11.5 Å². The molecule has 7 heteroatoms. The molecule has 0 saturated heterocycles. The Kier molecular flexibility index (Phi) is 8.59. The van der Waals surface area contributed by atoms with Gasteiger partial charge in [-0.25, -0.2) is 0 Å². The zero-order valence-corrected chi connectivity index (χ0v) is 20.3. The van der Waals surface area contributed by atoms with E-state index in [-0.39, 0.29) is 36.0 Å². The summed E-state index contributed by atoms with van der Waals surface area (Å²) >= 11 is 0. The third kappa shape index (κ3) is 5.64. The summed E-state index contributed by atoms with van der Waals surface area (Å²) in [6.45, 7) is 3.21. The molecule has 4 rings (SSSR count). The molecule has 1 aliphatic rings. The van der Waals surface area contributed by atoms with Crippen molar-refractivity contribution < 1.29 is 53.7 Å². The molecule has 0 N–H and O–H groups in total. The number of hydrogen-bond donors (Lipinski definition) is 0. The van der Waals surface area contributed by atoms with Gasteiger partial charge in [-0.1, -0.05) is 36.4 Å². The molecule has 0 amide bonds. The van der Waals surface area contributed by atoms with E-state index in [2.05, 4.69) is 4.90 Å². The first-order valence-electron chi connectivity index (χ1n) is 10.3. The smallest absolute Gasteiger partial charge is 0.547 e. The fourth-order valence-electron chi connectivity index (χ4n) is 3.62. The summed E-state index contributed by atoms with van der Waals surface area (Å²) in [5.74, 6) is 1.16. The minimum absolute atomic E-state index is 0. The molecule has 0 aromatic heterocycles. The number of carbonyl (C=O) groups is 1. The van der Waals surface area contributed by atoms with E-state index in [4.69, 9.17) is 14.2 Å². The van der Waals surface area contributed by atoms with Crippen molar-refractivity contribution in [3.8, 4) is 17.2 Å². The largest absolute Gasteiger partial charge is 1.00 e. The van der Waals surface area contributed by atoms with Gasteiger partial charge in [0.25, 0.3) is 0 Å². The molecule has 3 aromatic rings. The van der Waals surface area contributed by atoms with E-state index in [0.29, 0.717) is 19.8 Å². The zero-order chi connectivity index (χ0) is 21.6. The average molecular weight is 441 g/mol. The number of benzene rings is 3. The minimum atomic E-state index is -1.20. The van der Waals surface area contributed by atoms with Gasteiger partial charge in [0, 0.05) is 13.0 Å². The number of nitrogens with zero attached hydrogens (tertiary/aromatic N) is 1. The van der Waals surface area contributed by atoms with Crippen molar-refractivity contribution in [3.63, 3.8) is 0 Å². The van der Waals surface area contributed by atoms with Gasteiger partial charge in [-0.05, 0) is 48.9 Å². The molecule has 0 radical (unpaired) electrons. The number of carboxylic acids is 1. The Morgan fingerprint density at radius 2 is 1.56 bits per heavy atom. The molecule has 160 valence electrons. The maximum Gasteiger partial charge on any atom is 1.00 e. The van der Waals surface area contributed by atoms with Crippen LogP contribution in [-0.4, -0.2) is 31.8 Å². The summed E-state index contributed by atoms with van der Waals surface area (Å²) in [5, 5.41) is 11.2. The predicted octanol–water partition coefficient (Wildman–Crippen LogP) is 0.711. The maximum atomic E-state index is 11.2. The van der Waals surface area contributed by atoms with Crippen molar-refractivity contribution in [1.82, 2.24) is 0 Å². The minimum Gasteiger partial charge on any atom is -0.547 e. The van der Waals surface area contributed by atoms with Gasteiger partial charge >= 0.3 is 29.6 Å². The number of hydrogen-bond acceptors (Lipinski definition) is 6. The Morgan fingerprint density at radius 1 is 0.969 bits per heavy atom. The fourth-order valence-corrected chi connectivity index (χ4v) is 3.62. The van der Waals surface area contributed by atoms with E-state index in [9.17, 15) is 9.90 Å². The van der Waals surface area contributed by atoms with Crippen LogP contribution in [0.25, 0.3) is 0 Å². The van der Waals surface area contributed by atoms with Crippen molar-refractivity contribution in [3.05, 3.63) is 78.4 Å². The molecule has 3 aromatic carbocycles. The molecule has 0 bridgehead atoms. The van der Waals surface area contributed by atoms with Gasteiger partial charge in [-0.3, -0.25) is 0 Å². The maximum absolute atomic E-state index is 11.2. The average Bonchev–Trinajstić information content (AvgIpc) is 2.79. The normalized spacial score (nSPS) is 12.6. The molecular formula is C25H24NNaO5. The molecule has 0 saturated carbocycles. The third-order valence-corrected chi connectivity index (χ3v) is 5.09. The molecule has 1 aliphatic heterocycles. The molecule has 6 nitrogen and oxygen atoms in total. The number of fused-ring (bicyclic) bond motifs is 2. The molecule has 0 fully saturated rings. The van der Waals surface area contributed by atoms with E-state index in [1.54, 1.807) is 6.92 Å². The van der Waals surface area contributed by atoms with Crippen LogP contribution in [0, 0.1) is 0 Å². The van der Waals surface area contributed by atoms with Gasteiger partial charge in [0.05, 0.1) is 23.9 Å². The first kappa shape index (κ1) is 24.1. The van der Waals surface area contributed by atoms with Gasteiger partial charge in [0.2, 0.25) is 0 Å². The molecule has 1 atom stereocenters. The van der Waals surface area contributed by atoms with Crippen LogP contribution in [0.15, 0.2) is 72.8 Å². The summed E-state index contributed by atoms with van der Waals surface area (Å²) in [5.41, 5.74) is 2.86. The van der Waals surface area contributed by atoms with Crippen molar-refractivity contribution in [1.29, 1.82) is 0 Å². The number of rotatable bonds is 9.